The van der Waals surface area contributed by atoms with Crippen LogP contribution in [0.5, 0.6) is 17.4 Å². The Balaban J connectivity index is 1.14. The van der Waals surface area contributed by atoms with Gasteiger partial charge in [-0.15, -0.1) is 0 Å². The van der Waals surface area contributed by atoms with E-state index in [-0.39, 0.29) is 0 Å². The van der Waals surface area contributed by atoms with E-state index < -0.39 is 6.10 Å². The van der Waals surface area contributed by atoms with Crippen molar-refractivity contribution in [1.82, 2.24) is 25.2 Å². The number of hydrogen-bond acceptors (Lipinski definition) is 9. The Morgan fingerprint density at radius 2 is 1.97 bits per heavy atom. The maximum Gasteiger partial charge on any atom is 0.232 e. The Bertz CT molecular complexity index is 1100. The minimum absolute atomic E-state index is 0.418. The van der Waals surface area contributed by atoms with Crippen molar-refractivity contribution in [3.05, 3.63) is 47.9 Å². The van der Waals surface area contributed by atoms with Crippen LogP contribution in [0.2, 0.25) is 0 Å². The number of fused-ring (bicyclic) bond motifs is 2. The molecule has 1 fully saturated rings. The summed E-state index contributed by atoms with van der Waals surface area (Å²) in [5.41, 5.74) is 3.17. The van der Waals surface area contributed by atoms with Gasteiger partial charge in [0.05, 0.1) is 42.3 Å². The van der Waals surface area contributed by atoms with Gasteiger partial charge < -0.3 is 29.5 Å². The SMILES string of the molecule is COc1cnc2cccc(C(O)CN3CCC(NCc4cc5c(cn4)OCCO5)CC3)c2n1. The van der Waals surface area contributed by atoms with E-state index in [0.717, 1.165) is 48.5 Å². The van der Waals surface area contributed by atoms with E-state index in [2.05, 4.69) is 25.2 Å². The van der Waals surface area contributed by atoms with Crippen LogP contribution in [-0.2, 0) is 6.54 Å². The molecule has 0 saturated carbocycles. The topological polar surface area (TPSA) is 102 Å². The van der Waals surface area contributed by atoms with Crippen LogP contribution in [0.1, 0.15) is 30.2 Å². The van der Waals surface area contributed by atoms with Gasteiger partial charge in [0, 0.05) is 30.8 Å². The Morgan fingerprint density at radius 3 is 2.79 bits per heavy atom. The lowest BCUT2D eigenvalue weighted by atomic mass is 10.0. The second-order valence-electron chi connectivity index (χ2n) is 8.42. The highest BCUT2D eigenvalue weighted by molar-refractivity contribution is 5.78. The van der Waals surface area contributed by atoms with E-state index >= 15 is 0 Å². The average Bonchev–Trinajstić information content (AvgIpc) is 2.87. The lowest BCUT2D eigenvalue weighted by Gasteiger charge is -2.33. The molecule has 2 aliphatic rings. The van der Waals surface area contributed by atoms with Crippen molar-refractivity contribution in [2.24, 2.45) is 0 Å². The van der Waals surface area contributed by atoms with Gasteiger partial charge in [0.25, 0.3) is 0 Å². The summed E-state index contributed by atoms with van der Waals surface area (Å²) < 4.78 is 16.4. The summed E-state index contributed by atoms with van der Waals surface area (Å²) in [7, 11) is 1.57. The quantitative estimate of drug-likeness (QED) is 0.559. The van der Waals surface area contributed by atoms with Crippen molar-refractivity contribution < 1.29 is 19.3 Å². The fraction of sp³-hybridized carbons (Fsp3) is 0.458. The van der Waals surface area contributed by atoms with E-state index in [1.807, 2.05) is 24.3 Å². The first-order chi connectivity index (χ1) is 16.2. The molecule has 1 atom stereocenters. The number of β-amino-alcohol motifs (C(OH)–C–C–N with tert-alkyl or cyclic N) is 1. The van der Waals surface area contributed by atoms with E-state index in [4.69, 9.17) is 14.2 Å². The Labute approximate surface area is 192 Å². The first-order valence-electron chi connectivity index (χ1n) is 11.4. The number of aliphatic hydroxyl groups excluding tert-OH is 1. The standard InChI is InChI=1S/C24H29N5O4/c1-31-23-14-27-19-4-2-3-18(24(19)28-23)20(30)15-29-7-5-16(6-8-29)25-12-17-11-21-22(13-26-17)33-10-9-32-21/h2-4,11,13-14,16,20,25,30H,5-10,12,15H2,1H3. The van der Waals surface area contributed by atoms with Crippen LogP contribution in [-0.4, -0.2) is 71.0 Å². The summed E-state index contributed by atoms with van der Waals surface area (Å²) in [6.45, 7) is 4.25. The zero-order valence-corrected chi connectivity index (χ0v) is 18.7. The number of rotatable bonds is 7. The van der Waals surface area contributed by atoms with Gasteiger partial charge in [0.15, 0.2) is 11.5 Å². The van der Waals surface area contributed by atoms with Gasteiger partial charge in [-0.1, -0.05) is 12.1 Å². The number of benzene rings is 1. The summed E-state index contributed by atoms with van der Waals surface area (Å²) in [6, 6.07) is 8.08. The second-order valence-corrected chi connectivity index (χ2v) is 8.42. The third-order valence-corrected chi connectivity index (χ3v) is 6.23. The molecule has 2 aromatic heterocycles. The Morgan fingerprint density at radius 1 is 1.15 bits per heavy atom. The Hall–Kier alpha value is -3.01. The molecule has 0 radical (unpaired) electrons. The molecule has 1 unspecified atom stereocenters. The molecule has 2 aliphatic heterocycles. The van der Waals surface area contributed by atoms with Crippen molar-refractivity contribution in [2.45, 2.75) is 31.5 Å². The minimum Gasteiger partial charge on any atom is -0.486 e. The number of aromatic nitrogens is 3. The van der Waals surface area contributed by atoms with Crippen LogP contribution in [0.25, 0.3) is 11.0 Å². The number of para-hydroxylation sites is 1. The summed E-state index contributed by atoms with van der Waals surface area (Å²) in [5.74, 6) is 1.93. The zero-order valence-electron chi connectivity index (χ0n) is 18.7. The lowest BCUT2D eigenvalue weighted by molar-refractivity contribution is 0.0947. The second kappa shape index (κ2) is 9.86. The molecule has 0 spiro atoms. The van der Waals surface area contributed by atoms with E-state index in [1.165, 1.54) is 0 Å². The average molecular weight is 452 g/mol. The van der Waals surface area contributed by atoms with Gasteiger partial charge in [-0.05, 0) is 32.0 Å². The summed E-state index contributed by atoms with van der Waals surface area (Å²) in [5, 5.41) is 14.6. The van der Waals surface area contributed by atoms with Crippen molar-refractivity contribution in [1.29, 1.82) is 0 Å². The molecule has 0 amide bonds. The first kappa shape index (κ1) is 21.8. The summed E-state index contributed by atoms with van der Waals surface area (Å²) in [4.78, 5) is 15.7. The van der Waals surface area contributed by atoms with E-state index in [1.54, 1.807) is 19.5 Å². The highest BCUT2D eigenvalue weighted by Gasteiger charge is 2.23. The highest BCUT2D eigenvalue weighted by Crippen LogP contribution is 2.29. The maximum atomic E-state index is 11.0. The van der Waals surface area contributed by atoms with Gasteiger partial charge in [-0.25, -0.2) is 9.97 Å². The van der Waals surface area contributed by atoms with Crippen LogP contribution in [0.15, 0.2) is 36.7 Å². The number of nitrogens with zero attached hydrogens (tertiary/aromatic N) is 4. The minimum atomic E-state index is -0.637. The number of ether oxygens (including phenoxy) is 3. The van der Waals surface area contributed by atoms with Gasteiger partial charge in [-0.3, -0.25) is 4.98 Å². The highest BCUT2D eigenvalue weighted by atomic mass is 16.6. The van der Waals surface area contributed by atoms with Crippen LogP contribution in [0, 0.1) is 0 Å². The third kappa shape index (κ3) is 5.00. The van der Waals surface area contributed by atoms with E-state index in [9.17, 15) is 5.11 Å². The monoisotopic (exact) mass is 451 g/mol. The molecule has 1 aromatic carbocycles. The molecule has 1 saturated heterocycles. The molecule has 33 heavy (non-hydrogen) atoms. The van der Waals surface area contributed by atoms with Crippen LogP contribution in [0.3, 0.4) is 0 Å². The molecule has 9 nitrogen and oxygen atoms in total. The smallest absolute Gasteiger partial charge is 0.232 e. The summed E-state index contributed by atoms with van der Waals surface area (Å²) >= 11 is 0. The van der Waals surface area contributed by atoms with Crippen molar-refractivity contribution in [2.75, 3.05) is 40.0 Å². The number of pyridine rings is 1. The number of hydrogen-bond donors (Lipinski definition) is 2. The molecule has 5 rings (SSSR count). The predicted octanol–water partition coefficient (Wildman–Crippen LogP) is 2.09. The van der Waals surface area contributed by atoms with Gasteiger partial charge in [0.2, 0.25) is 5.88 Å². The molecule has 4 heterocycles. The largest absolute Gasteiger partial charge is 0.486 e. The van der Waals surface area contributed by atoms with Gasteiger partial charge >= 0.3 is 0 Å². The molecule has 3 aromatic rings. The lowest BCUT2D eigenvalue weighted by Crippen LogP contribution is -2.43. The van der Waals surface area contributed by atoms with Crippen molar-refractivity contribution in [3.8, 4) is 17.4 Å². The van der Waals surface area contributed by atoms with Crippen LogP contribution in [0.4, 0.5) is 0 Å². The molecular weight excluding hydrogens is 422 g/mol. The maximum absolute atomic E-state index is 11.0. The third-order valence-electron chi connectivity index (χ3n) is 6.23. The van der Waals surface area contributed by atoms with Crippen molar-refractivity contribution >= 4 is 11.0 Å². The van der Waals surface area contributed by atoms with E-state index in [0.29, 0.717) is 49.5 Å². The molecule has 0 aliphatic carbocycles. The molecule has 0 bridgehead atoms. The molecular formula is C24H29N5O4. The first-order valence-corrected chi connectivity index (χ1v) is 11.4. The Kier molecular flexibility index (Phi) is 6.52. The fourth-order valence-corrected chi connectivity index (χ4v) is 4.40. The predicted molar refractivity (Wildman–Crippen MR) is 123 cm³/mol. The number of methoxy groups -OCH3 is 1. The zero-order chi connectivity index (χ0) is 22.6. The van der Waals surface area contributed by atoms with Gasteiger partial charge in [-0.2, -0.15) is 0 Å². The number of piperidine rings is 1. The molecule has 9 heteroatoms. The summed E-state index contributed by atoms with van der Waals surface area (Å²) in [6.07, 6.45) is 4.72. The fourth-order valence-electron chi connectivity index (χ4n) is 4.40. The van der Waals surface area contributed by atoms with Crippen molar-refractivity contribution in [3.63, 3.8) is 0 Å². The number of nitrogens with one attached hydrogen (secondary N) is 1. The number of aliphatic hydroxyl groups is 1. The molecule has 174 valence electrons. The molecule has 2 N–H and O–H groups in total. The van der Waals surface area contributed by atoms with Gasteiger partial charge in [0.1, 0.15) is 13.2 Å². The van der Waals surface area contributed by atoms with Crippen LogP contribution < -0.4 is 19.5 Å². The normalized spacial score (nSPS) is 17.8. The number of likely N-dealkylation sites (tertiary alicyclic amines) is 1. The van der Waals surface area contributed by atoms with Crippen LogP contribution >= 0.6 is 0 Å².